The molecule has 28 heavy (non-hydrogen) atoms. The standard InChI is InChI=1S/C20H28N4O3S/c1-2-24-17-9-5-6-11-20(17,12-14-28(24,26)27)19(25)21-13-10-18-22-15-7-3-4-8-16(15)23-18/h3-4,7-8,17H,2,5-6,9-14H2,1H3,(H,21,25)(H,22,23)/t17-,20-/m1/s1. The Hall–Kier alpha value is -1.93. The number of benzene rings is 1. The Labute approximate surface area is 166 Å². The smallest absolute Gasteiger partial charge is 0.227 e. The number of nitrogens with one attached hydrogen (secondary N) is 2. The number of carbonyl (C=O) groups excluding carboxylic acids is 1. The summed E-state index contributed by atoms with van der Waals surface area (Å²) in [5.74, 6) is 0.913. The molecule has 4 rings (SSSR count). The first-order chi connectivity index (χ1) is 13.5. The van der Waals surface area contributed by atoms with Gasteiger partial charge in [-0.25, -0.2) is 13.4 Å². The molecular formula is C20H28N4O3S. The molecule has 152 valence electrons. The molecule has 2 heterocycles. The van der Waals surface area contributed by atoms with Gasteiger partial charge >= 0.3 is 0 Å². The molecule has 1 saturated carbocycles. The zero-order chi connectivity index (χ0) is 19.8. The highest BCUT2D eigenvalue weighted by molar-refractivity contribution is 7.89. The van der Waals surface area contributed by atoms with Crippen LogP contribution in [0.15, 0.2) is 24.3 Å². The summed E-state index contributed by atoms with van der Waals surface area (Å²) in [4.78, 5) is 21.1. The molecule has 2 aliphatic rings. The second kappa shape index (κ2) is 7.48. The molecule has 0 spiro atoms. The first-order valence-electron chi connectivity index (χ1n) is 10.2. The number of fused-ring (bicyclic) bond motifs is 2. The number of aromatic amines is 1. The van der Waals surface area contributed by atoms with E-state index in [1.165, 1.54) is 0 Å². The number of rotatable bonds is 5. The van der Waals surface area contributed by atoms with E-state index in [0.29, 0.717) is 25.9 Å². The molecule has 1 saturated heterocycles. The highest BCUT2D eigenvalue weighted by atomic mass is 32.2. The molecule has 8 heteroatoms. The number of amides is 1. The summed E-state index contributed by atoms with van der Waals surface area (Å²) in [6, 6.07) is 7.65. The van der Waals surface area contributed by atoms with E-state index in [-0.39, 0.29) is 17.7 Å². The van der Waals surface area contributed by atoms with Gasteiger partial charge in [-0.1, -0.05) is 31.9 Å². The first kappa shape index (κ1) is 19.4. The molecule has 0 unspecified atom stereocenters. The Balaban J connectivity index is 1.46. The van der Waals surface area contributed by atoms with E-state index < -0.39 is 15.4 Å². The van der Waals surface area contributed by atoms with Crippen LogP contribution in [0.2, 0.25) is 0 Å². The van der Waals surface area contributed by atoms with Gasteiger partial charge in [0.05, 0.1) is 22.2 Å². The van der Waals surface area contributed by atoms with Crippen LogP contribution in [-0.2, 0) is 21.2 Å². The monoisotopic (exact) mass is 404 g/mol. The zero-order valence-corrected chi connectivity index (χ0v) is 17.1. The van der Waals surface area contributed by atoms with Crippen molar-refractivity contribution in [2.75, 3.05) is 18.8 Å². The molecule has 1 aliphatic carbocycles. The molecule has 2 fully saturated rings. The van der Waals surface area contributed by atoms with Crippen molar-refractivity contribution in [3.8, 4) is 0 Å². The van der Waals surface area contributed by atoms with Crippen molar-refractivity contribution in [2.24, 2.45) is 5.41 Å². The van der Waals surface area contributed by atoms with Crippen molar-refractivity contribution >= 4 is 27.0 Å². The van der Waals surface area contributed by atoms with E-state index in [4.69, 9.17) is 0 Å². The summed E-state index contributed by atoms with van der Waals surface area (Å²) < 4.78 is 26.6. The molecule has 2 atom stereocenters. The minimum atomic E-state index is -3.26. The summed E-state index contributed by atoms with van der Waals surface area (Å²) in [6.45, 7) is 2.79. The van der Waals surface area contributed by atoms with Gasteiger partial charge in [0.1, 0.15) is 5.82 Å². The Kier molecular flexibility index (Phi) is 5.18. The van der Waals surface area contributed by atoms with E-state index in [0.717, 1.165) is 42.5 Å². The molecule has 1 aliphatic heterocycles. The highest BCUT2D eigenvalue weighted by Crippen LogP contribution is 2.46. The zero-order valence-electron chi connectivity index (χ0n) is 16.3. The van der Waals surface area contributed by atoms with Crippen LogP contribution < -0.4 is 5.32 Å². The van der Waals surface area contributed by atoms with Crippen molar-refractivity contribution in [3.63, 3.8) is 0 Å². The van der Waals surface area contributed by atoms with E-state index in [2.05, 4.69) is 15.3 Å². The molecular weight excluding hydrogens is 376 g/mol. The van der Waals surface area contributed by atoms with Crippen LogP contribution >= 0.6 is 0 Å². The highest BCUT2D eigenvalue weighted by Gasteiger charge is 2.54. The average molecular weight is 405 g/mol. The average Bonchev–Trinajstić information content (AvgIpc) is 3.10. The molecule has 0 bridgehead atoms. The van der Waals surface area contributed by atoms with Crippen molar-refractivity contribution in [3.05, 3.63) is 30.1 Å². The fourth-order valence-electron chi connectivity index (χ4n) is 4.94. The van der Waals surface area contributed by atoms with Gasteiger partial charge in [0.25, 0.3) is 0 Å². The van der Waals surface area contributed by atoms with Crippen LogP contribution in [0.5, 0.6) is 0 Å². The molecule has 1 amide bonds. The number of sulfonamides is 1. The Bertz CT molecular complexity index is 938. The molecule has 2 N–H and O–H groups in total. The quantitative estimate of drug-likeness (QED) is 0.799. The molecule has 2 aromatic rings. The third-order valence-electron chi connectivity index (χ3n) is 6.35. The maximum atomic E-state index is 13.2. The van der Waals surface area contributed by atoms with Gasteiger partial charge in [0, 0.05) is 25.6 Å². The lowest BCUT2D eigenvalue weighted by atomic mass is 9.67. The minimum Gasteiger partial charge on any atom is -0.355 e. The third-order valence-corrected chi connectivity index (χ3v) is 8.30. The van der Waals surface area contributed by atoms with E-state index >= 15 is 0 Å². The van der Waals surface area contributed by atoms with Crippen LogP contribution in [0.4, 0.5) is 0 Å². The number of imidazole rings is 1. The topological polar surface area (TPSA) is 95.2 Å². The molecule has 7 nitrogen and oxygen atoms in total. The normalized spacial score (nSPS) is 27.4. The van der Waals surface area contributed by atoms with Gasteiger partial charge in [0.15, 0.2) is 0 Å². The van der Waals surface area contributed by atoms with Crippen molar-refractivity contribution in [1.82, 2.24) is 19.6 Å². The maximum absolute atomic E-state index is 13.2. The lowest BCUT2D eigenvalue weighted by Gasteiger charge is -2.50. The Morgan fingerprint density at radius 3 is 2.93 bits per heavy atom. The second-order valence-electron chi connectivity index (χ2n) is 7.89. The Morgan fingerprint density at radius 2 is 2.14 bits per heavy atom. The summed E-state index contributed by atoms with van der Waals surface area (Å²) >= 11 is 0. The minimum absolute atomic E-state index is 0.00154. The Morgan fingerprint density at radius 1 is 1.32 bits per heavy atom. The van der Waals surface area contributed by atoms with E-state index in [1.807, 2.05) is 31.2 Å². The van der Waals surface area contributed by atoms with Gasteiger partial charge in [-0.2, -0.15) is 4.31 Å². The molecule has 1 aromatic carbocycles. The van der Waals surface area contributed by atoms with Crippen LogP contribution in [0.1, 0.15) is 44.9 Å². The van der Waals surface area contributed by atoms with Crippen LogP contribution in [0, 0.1) is 5.41 Å². The first-order valence-corrected chi connectivity index (χ1v) is 11.8. The fourth-order valence-corrected chi connectivity index (χ4v) is 6.89. The number of carbonyl (C=O) groups is 1. The van der Waals surface area contributed by atoms with E-state index in [9.17, 15) is 13.2 Å². The predicted molar refractivity (Wildman–Crippen MR) is 108 cm³/mol. The van der Waals surface area contributed by atoms with Gasteiger partial charge in [0.2, 0.25) is 15.9 Å². The third kappa shape index (κ3) is 3.33. The fraction of sp³-hybridized carbons (Fsp3) is 0.600. The lowest BCUT2D eigenvalue weighted by molar-refractivity contribution is -0.137. The summed E-state index contributed by atoms with van der Waals surface area (Å²) in [7, 11) is -3.26. The number of nitrogens with zero attached hydrogens (tertiary/aromatic N) is 2. The number of hydrogen-bond donors (Lipinski definition) is 2. The van der Waals surface area contributed by atoms with Gasteiger partial charge in [-0.05, 0) is 31.4 Å². The van der Waals surface area contributed by atoms with E-state index in [1.54, 1.807) is 4.31 Å². The number of hydrogen-bond acceptors (Lipinski definition) is 4. The van der Waals surface area contributed by atoms with Gasteiger partial charge < -0.3 is 10.3 Å². The molecule has 0 radical (unpaired) electrons. The summed E-state index contributed by atoms with van der Waals surface area (Å²) in [6.07, 6.45) is 4.53. The molecule has 1 aromatic heterocycles. The van der Waals surface area contributed by atoms with Crippen LogP contribution in [0.25, 0.3) is 11.0 Å². The van der Waals surface area contributed by atoms with Crippen molar-refractivity contribution in [2.45, 2.75) is 51.5 Å². The van der Waals surface area contributed by atoms with Gasteiger partial charge in [-0.3, -0.25) is 4.79 Å². The SMILES string of the molecule is CCN1[C@@H]2CCCC[C@@]2(C(=O)NCCc2nc3ccccc3[nH]2)CCS1(=O)=O. The second-order valence-corrected chi connectivity index (χ2v) is 9.93. The predicted octanol–water partition coefficient (Wildman–Crippen LogP) is 2.21. The van der Waals surface area contributed by atoms with Crippen molar-refractivity contribution < 1.29 is 13.2 Å². The lowest BCUT2D eigenvalue weighted by Crippen LogP contribution is -2.62. The van der Waals surface area contributed by atoms with Crippen molar-refractivity contribution in [1.29, 1.82) is 0 Å². The number of para-hydroxylation sites is 2. The van der Waals surface area contributed by atoms with Crippen LogP contribution in [-0.4, -0.2) is 53.5 Å². The van der Waals surface area contributed by atoms with Crippen LogP contribution in [0.3, 0.4) is 0 Å². The summed E-state index contributed by atoms with van der Waals surface area (Å²) in [5.41, 5.74) is 1.32. The largest absolute Gasteiger partial charge is 0.355 e. The number of aromatic nitrogens is 2. The van der Waals surface area contributed by atoms with Gasteiger partial charge in [-0.15, -0.1) is 0 Å². The summed E-state index contributed by atoms with van der Waals surface area (Å²) in [5, 5.41) is 3.09. The number of H-pyrrole nitrogens is 1. The maximum Gasteiger partial charge on any atom is 0.227 e.